The smallest absolute Gasteiger partial charge is 0.382 e. The first-order chi connectivity index (χ1) is 9.20. The molecule has 9 heteroatoms. The van der Waals surface area contributed by atoms with Crippen molar-refractivity contribution in [3.05, 3.63) is 5.56 Å². The number of rotatable bonds is 6. The van der Waals surface area contributed by atoms with Crippen LogP contribution < -0.4 is 16.4 Å². The summed E-state index contributed by atoms with van der Waals surface area (Å²) in [5.41, 5.74) is 5.80. The van der Waals surface area contributed by atoms with Crippen molar-refractivity contribution in [1.29, 1.82) is 0 Å². The lowest BCUT2D eigenvalue weighted by Gasteiger charge is -2.10. The van der Waals surface area contributed by atoms with E-state index in [1.165, 1.54) is 0 Å². The molecular formula is C11H17F3N4OS. The average Bonchev–Trinajstić information content (AvgIpc) is 2.64. The van der Waals surface area contributed by atoms with E-state index >= 15 is 0 Å². The van der Waals surface area contributed by atoms with E-state index in [1.54, 1.807) is 13.8 Å². The van der Waals surface area contributed by atoms with Gasteiger partial charge in [-0.1, -0.05) is 0 Å². The van der Waals surface area contributed by atoms with E-state index in [-0.39, 0.29) is 36.3 Å². The van der Waals surface area contributed by atoms with Gasteiger partial charge in [0.25, 0.3) is 5.91 Å². The molecule has 20 heavy (non-hydrogen) atoms. The van der Waals surface area contributed by atoms with E-state index in [1.807, 2.05) is 0 Å². The molecule has 1 aromatic rings. The summed E-state index contributed by atoms with van der Waals surface area (Å²) in [6.45, 7) is 3.69. The van der Waals surface area contributed by atoms with Crippen LogP contribution in [0.25, 0.3) is 0 Å². The maximum atomic E-state index is 12.0. The lowest BCUT2D eigenvalue weighted by atomic mass is 10.2. The van der Waals surface area contributed by atoms with Gasteiger partial charge in [-0.2, -0.15) is 17.5 Å². The Morgan fingerprint density at radius 2 is 2.10 bits per heavy atom. The molecule has 5 nitrogen and oxygen atoms in total. The van der Waals surface area contributed by atoms with Crippen LogP contribution in [0.3, 0.4) is 0 Å². The minimum absolute atomic E-state index is 0.0696. The van der Waals surface area contributed by atoms with Gasteiger partial charge in [0.1, 0.15) is 10.6 Å². The van der Waals surface area contributed by atoms with Crippen LogP contribution in [0.1, 0.15) is 37.0 Å². The summed E-state index contributed by atoms with van der Waals surface area (Å²) in [6.07, 6.45) is -5.12. The molecule has 114 valence electrons. The summed E-state index contributed by atoms with van der Waals surface area (Å²) in [7, 11) is 0. The van der Waals surface area contributed by atoms with Crippen LogP contribution in [0.2, 0.25) is 0 Å². The largest absolute Gasteiger partial charge is 0.389 e. The van der Waals surface area contributed by atoms with E-state index in [0.717, 1.165) is 11.5 Å². The normalized spacial score (nSPS) is 11.7. The summed E-state index contributed by atoms with van der Waals surface area (Å²) in [4.78, 5) is 11.9. The summed E-state index contributed by atoms with van der Waals surface area (Å²) in [6, 6.07) is -0.0696. The lowest BCUT2D eigenvalue weighted by Crippen LogP contribution is -2.30. The molecule has 0 aromatic carbocycles. The molecule has 1 amide bonds. The Labute approximate surface area is 118 Å². The Kier molecular flexibility index (Phi) is 5.61. The minimum Gasteiger partial charge on any atom is -0.382 e. The Balaban J connectivity index is 2.61. The molecule has 0 atom stereocenters. The average molecular weight is 310 g/mol. The van der Waals surface area contributed by atoms with E-state index in [2.05, 4.69) is 15.0 Å². The van der Waals surface area contributed by atoms with Crippen molar-refractivity contribution < 1.29 is 18.0 Å². The Bertz CT molecular complexity index is 459. The van der Waals surface area contributed by atoms with Crippen LogP contribution in [-0.2, 0) is 0 Å². The fraction of sp³-hybridized carbons (Fsp3) is 0.636. The maximum absolute atomic E-state index is 12.0. The van der Waals surface area contributed by atoms with Gasteiger partial charge in [0, 0.05) is 19.0 Å². The first kappa shape index (κ1) is 16.5. The quantitative estimate of drug-likeness (QED) is 0.706. The van der Waals surface area contributed by atoms with Crippen LogP contribution in [0.15, 0.2) is 0 Å². The highest BCUT2D eigenvalue weighted by Crippen LogP contribution is 2.27. The number of aromatic nitrogens is 1. The second-order valence-corrected chi connectivity index (χ2v) is 5.32. The number of nitrogens with one attached hydrogen (secondary N) is 2. The molecule has 0 aliphatic carbocycles. The first-order valence-electron chi connectivity index (χ1n) is 6.07. The second kappa shape index (κ2) is 6.78. The highest BCUT2D eigenvalue weighted by atomic mass is 32.1. The Morgan fingerprint density at radius 1 is 1.45 bits per heavy atom. The zero-order chi connectivity index (χ0) is 15.3. The van der Waals surface area contributed by atoms with Crippen molar-refractivity contribution in [3.8, 4) is 0 Å². The van der Waals surface area contributed by atoms with Crippen molar-refractivity contribution in [2.75, 3.05) is 17.6 Å². The van der Waals surface area contributed by atoms with Gasteiger partial charge in [0.2, 0.25) is 0 Å². The first-order valence-corrected chi connectivity index (χ1v) is 6.84. The topological polar surface area (TPSA) is 80.0 Å². The number of amides is 1. The molecule has 1 rings (SSSR count). The molecule has 4 N–H and O–H groups in total. The van der Waals surface area contributed by atoms with Crippen LogP contribution in [0, 0.1) is 0 Å². The van der Waals surface area contributed by atoms with Gasteiger partial charge in [0.15, 0.2) is 5.82 Å². The number of anilines is 2. The van der Waals surface area contributed by atoms with Gasteiger partial charge in [-0.15, -0.1) is 0 Å². The molecule has 0 aliphatic heterocycles. The van der Waals surface area contributed by atoms with E-state index in [4.69, 9.17) is 5.73 Å². The summed E-state index contributed by atoms with van der Waals surface area (Å²) in [5.74, 6) is -0.309. The number of hydrogen-bond donors (Lipinski definition) is 3. The lowest BCUT2D eigenvalue weighted by molar-refractivity contribution is -0.134. The molecule has 0 unspecified atom stereocenters. The van der Waals surface area contributed by atoms with Crippen molar-refractivity contribution in [2.24, 2.45) is 0 Å². The van der Waals surface area contributed by atoms with Crippen LogP contribution >= 0.6 is 11.5 Å². The third-order valence-corrected chi connectivity index (χ3v) is 3.11. The predicted molar refractivity (Wildman–Crippen MR) is 72.9 cm³/mol. The van der Waals surface area contributed by atoms with Crippen molar-refractivity contribution >= 4 is 28.3 Å². The zero-order valence-electron chi connectivity index (χ0n) is 11.2. The molecule has 0 saturated carbocycles. The SMILES string of the molecule is CC(C)NC(=O)c1c(N)nsc1NCCCC(F)(F)F. The number of nitrogens with zero attached hydrogens (tertiary/aromatic N) is 1. The third-order valence-electron chi connectivity index (χ3n) is 2.29. The van der Waals surface area contributed by atoms with Crippen molar-refractivity contribution in [1.82, 2.24) is 9.69 Å². The van der Waals surface area contributed by atoms with Gasteiger partial charge >= 0.3 is 6.18 Å². The van der Waals surface area contributed by atoms with Gasteiger partial charge < -0.3 is 16.4 Å². The Morgan fingerprint density at radius 3 is 2.65 bits per heavy atom. The number of hydrogen-bond acceptors (Lipinski definition) is 5. The van der Waals surface area contributed by atoms with E-state index < -0.39 is 12.6 Å². The molecular weight excluding hydrogens is 293 g/mol. The number of halogens is 3. The molecule has 0 radical (unpaired) electrons. The molecule has 0 bridgehead atoms. The highest BCUT2D eigenvalue weighted by molar-refractivity contribution is 7.11. The number of carbonyl (C=O) groups is 1. The summed E-state index contributed by atoms with van der Waals surface area (Å²) < 4.78 is 39.9. The third kappa shape index (κ3) is 5.24. The molecule has 0 aliphatic rings. The predicted octanol–water partition coefficient (Wildman–Crippen LogP) is 2.62. The number of alkyl halides is 3. The number of nitrogens with two attached hydrogens (primary N) is 1. The number of nitrogen functional groups attached to an aromatic ring is 1. The van der Waals surface area contributed by atoms with E-state index in [9.17, 15) is 18.0 Å². The number of carbonyl (C=O) groups excluding carboxylic acids is 1. The molecule has 1 aromatic heterocycles. The fourth-order valence-electron chi connectivity index (χ4n) is 1.47. The summed E-state index contributed by atoms with van der Waals surface area (Å²) >= 11 is 0.961. The van der Waals surface area contributed by atoms with E-state index in [0.29, 0.717) is 5.00 Å². The molecule has 0 spiro atoms. The molecule has 0 saturated heterocycles. The van der Waals surface area contributed by atoms with Gasteiger partial charge in [-0.05, 0) is 31.8 Å². The van der Waals surface area contributed by atoms with Gasteiger partial charge in [-0.25, -0.2) is 0 Å². The van der Waals surface area contributed by atoms with Crippen molar-refractivity contribution in [3.63, 3.8) is 0 Å². The minimum atomic E-state index is -4.17. The zero-order valence-corrected chi connectivity index (χ0v) is 12.0. The van der Waals surface area contributed by atoms with Crippen LogP contribution in [0.5, 0.6) is 0 Å². The fourth-order valence-corrected chi connectivity index (χ4v) is 2.20. The monoisotopic (exact) mass is 310 g/mol. The molecule has 0 fully saturated rings. The van der Waals surface area contributed by atoms with Gasteiger partial charge in [0.05, 0.1) is 0 Å². The summed E-state index contributed by atoms with van der Waals surface area (Å²) in [5, 5.41) is 5.84. The molecule has 1 heterocycles. The van der Waals surface area contributed by atoms with Crippen LogP contribution in [-0.4, -0.2) is 29.0 Å². The standard InChI is InChI=1S/C11H17F3N4OS/c1-6(2)17-9(19)7-8(15)18-20-10(7)16-5-3-4-11(12,13)14/h6,16H,3-5H2,1-2H3,(H2,15,18)(H,17,19). The highest BCUT2D eigenvalue weighted by Gasteiger charge is 2.26. The Hall–Kier alpha value is -1.51. The maximum Gasteiger partial charge on any atom is 0.389 e. The second-order valence-electron chi connectivity index (χ2n) is 4.55. The van der Waals surface area contributed by atoms with Gasteiger partial charge in [-0.3, -0.25) is 4.79 Å². The van der Waals surface area contributed by atoms with Crippen molar-refractivity contribution in [2.45, 2.75) is 38.9 Å². The van der Waals surface area contributed by atoms with Crippen LogP contribution in [0.4, 0.5) is 24.0 Å².